The molecule has 5 nitrogen and oxygen atoms in total. The molecule has 1 saturated heterocycles. The zero-order valence-corrected chi connectivity index (χ0v) is 10.5. The van der Waals surface area contributed by atoms with Gasteiger partial charge in [0.15, 0.2) is 0 Å². The van der Waals surface area contributed by atoms with Crippen molar-refractivity contribution in [1.82, 2.24) is 9.84 Å². The summed E-state index contributed by atoms with van der Waals surface area (Å²) >= 11 is 0. The summed E-state index contributed by atoms with van der Waals surface area (Å²) < 4.78 is 29.4. The van der Waals surface area contributed by atoms with Crippen LogP contribution < -0.4 is 4.83 Å². The molecule has 0 unspecified atom stereocenters. The molecule has 1 aromatic rings. The number of morpholine rings is 1. The van der Waals surface area contributed by atoms with Crippen molar-refractivity contribution >= 4 is 10.0 Å². The number of nitrogens with one attached hydrogen (secondary N) is 1. The average Bonchev–Trinajstić information content (AvgIpc) is 2.30. The van der Waals surface area contributed by atoms with Gasteiger partial charge in [-0.15, -0.1) is 4.83 Å². The molecule has 94 valence electrons. The van der Waals surface area contributed by atoms with Crippen LogP contribution in [0.25, 0.3) is 0 Å². The van der Waals surface area contributed by atoms with E-state index in [1.54, 1.807) is 30.1 Å². The number of hydrogen-bond acceptors (Lipinski definition) is 4. The summed E-state index contributed by atoms with van der Waals surface area (Å²) in [5.74, 6) is 0. The summed E-state index contributed by atoms with van der Waals surface area (Å²) in [4.78, 5) is 2.90. The Morgan fingerprint density at radius 3 is 2.53 bits per heavy atom. The number of rotatable bonds is 3. The second kappa shape index (κ2) is 5.14. The number of ether oxygens (including phenoxy) is 1. The number of hydrogen-bond donors (Lipinski definition) is 1. The van der Waals surface area contributed by atoms with Crippen LogP contribution in [-0.2, 0) is 14.8 Å². The molecule has 0 atom stereocenters. The average molecular weight is 256 g/mol. The second-order valence-corrected chi connectivity index (χ2v) is 5.59. The smallest absolute Gasteiger partial charge is 0.253 e. The van der Waals surface area contributed by atoms with Crippen LogP contribution in [0.4, 0.5) is 0 Å². The molecule has 6 heteroatoms. The van der Waals surface area contributed by atoms with Gasteiger partial charge in [-0.2, -0.15) is 0 Å². The van der Waals surface area contributed by atoms with E-state index in [4.69, 9.17) is 4.74 Å². The predicted molar refractivity (Wildman–Crippen MR) is 63.9 cm³/mol. The van der Waals surface area contributed by atoms with E-state index >= 15 is 0 Å². The van der Waals surface area contributed by atoms with Crippen molar-refractivity contribution in [3.05, 3.63) is 29.8 Å². The summed E-state index contributed by atoms with van der Waals surface area (Å²) in [6.45, 7) is 4.04. The molecule has 0 radical (unpaired) electrons. The van der Waals surface area contributed by atoms with Crippen molar-refractivity contribution in [3.63, 3.8) is 0 Å². The molecule has 1 aliphatic rings. The van der Waals surface area contributed by atoms with Gasteiger partial charge < -0.3 is 4.74 Å². The molecule has 1 fully saturated rings. The summed E-state index contributed by atoms with van der Waals surface area (Å²) in [7, 11) is -3.47. The summed E-state index contributed by atoms with van der Waals surface area (Å²) in [5, 5.41) is 1.67. The second-order valence-electron chi connectivity index (χ2n) is 3.96. The standard InChI is InChI=1S/C11H16N2O3S/c1-10-4-2-3-5-11(10)17(14,15)12-13-6-8-16-9-7-13/h2-5,12H,6-9H2,1H3. The van der Waals surface area contributed by atoms with Crippen LogP contribution >= 0.6 is 0 Å². The first kappa shape index (κ1) is 12.5. The molecule has 0 saturated carbocycles. The van der Waals surface area contributed by atoms with Crippen molar-refractivity contribution in [3.8, 4) is 0 Å². The highest BCUT2D eigenvalue weighted by atomic mass is 32.2. The minimum absolute atomic E-state index is 0.325. The highest BCUT2D eigenvalue weighted by Crippen LogP contribution is 2.14. The van der Waals surface area contributed by atoms with Gasteiger partial charge in [-0.25, -0.2) is 13.4 Å². The first-order chi connectivity index (χ1) is 8.09. The van der Waals surface area contributed by atoms with Gasteiger partial charge in [0.05, 0.1) is 18.1 Å². The zero-order valence-electron chi connectivity index (χ0n) is 9.72. The predicted octanol–water partition coefficient (Wildman–Crippen LogP) is 0.521. The van der Waals surface area contributed by atoms with Crippen LogP contribution in [0.2, 0.25) is 0 Å². The van der Waals surface area contributed by atoms with E-state index in [0.717, 1.165) is 5.56 Å². The van der Waals surface area contributed by atoms with Crippen molar-refractivity contribution in [1.29, 1.82) is 0 Å². The van der Waals surface area contributed by atoms with E-state index in [1.807, 2.05) is 6.07 Å². The lowest BCUT2D eigenvalue weighted by Crippen LogP contribution is -2.48. The van der Waals surface area contributed by atoms with Crippen molar-refractivity contribution in [2.45, 2.75) is 11.8 Å². The Balaban J connectivity index is 2.16. The molecule has 0 aromatic heterocycles. The Hall–Kier alpha value is -0.950. The molecule has 2 rings (SSSR count). The van der Waals surface area contributed by atoms with Crippen LogP contribution in [0.15, 0.2) is 29.2 Å². The SMILES string of the molecule is Cc1ccccc1S(=O)(=O)NN1CCOCC1. The van der Waals surface area contributed by atoms with E-state index in [-0.39, 0.29) is 0 Å². The van der Waals surface area contributed by atoms with Gasteiger partial charge in [-0.1, -0.05) is 18.2 Å². The topological polar surface area (TPSA) is 58.6 Å². The third-order valence-electron chi connectivity index (χ3n) is 2.64. The van der Waals surface area contributed by atoms with Gasteiger partial charge in [0.2, 0.25) is 0 Å². The quantitative estimate of drug-likeness (QED) is 0.856. The molecule has 17 heavy (non-hydrogen) atoms. The van der Waals surface area contributed by atoms with Crippen LogP contribution in [0.1, 0.15) is 5.56 Å². The van der Waals surface area contributed by atoms with Gasteiger partial charge in [0.1, 0.15) is 0 Å². The van der Waals surface area contributed by atoms with Crippen molar-refractivity contribution in [2.24, 2.45) is 0 Å². The Morgan fingerprint density at radius 2 is 1.88 bits per heavy atom. The molecular formula is C11H16N2O3S. The Kier molecular flexibility index (Phi) is 3.78. The Bertz CT molecular complexity index is 481. The highest BCUT2D eigenvalue weighted by Gasteiger charge is 2.21. The number of benzene rings is 1. The summed E-state index contributed by atoms with van der Waals surface area (Å²) in [5.41, 5.74) is 0.744. The fraction of sp³-hybridized carbons (Fsp3) is 0.455. The maximum atomic E-state index is 12.1. The monoisotopic (exact) mass is 256 g/mol. The number of nitrogens with zero attached hydrogens (tertiary/aromatic N) is 1. The van der Waals surface area contributed by atoms with Crippen LogP contribution in [0.5, 0.6) is 0 Å². The molecule has 1 aromatic carbocycles. The minimum Gasteiger partial charge on any atom is -0.379 e. The maximum absolute atomic E-state index is 12.1. The number of sulfonamides is 1. The molecular weight excluding hydrogens is 240 g/mol. The molecule has 0 amide bonds. The third kappa shape index (κ3) is 3.04. The highest BCUT2D eigenvalue weighted by molar-refractivity contribution is 7.89. The largest absolute Gasteiger partial charge is 0.379 e. The van der Waals surface area contributed by atoms with Gasteiger partial charge >= 0.3 is 0 Å². The van der Waals surface area contributed by atoms with Gasteiger partial charge in [-0.05, 0) is 18.6 Å². The Labute approximate surface area is 101 Å². The first-order valence-electron chi connectivity index (χ1n) is 5.50. The lowest BCUT2D eigenvalue weighted by atomic mass is 10.2. The maximum Gasteiger partial charge on any atom is 0.253 e. The fourth-order valence-corrected chi connectivity index (χ4v) is 3.10. The van der Waals surface area contributed by atoms with Gasteiger partial charge in [0.25, 0.3) is 10.0 Å². The lowest BCUT2D eigenvalue weighted by Gasteiger charge is -2.26. The van der Waals surface area contributed by atoms with Crippen molar-refractivity contribution < 1.29 is 13.2 Å². The third-order valence-corrected chi connectivity index (χ3v) is 4.18. The van der Waals surface area contributed by atoms with Crippen LogP contribution in [-0.4, -0.2) is 39.7 Å². The van der Waals surface area contributed by atoms with E-state index in [0.29, 0.717) is 31.2 Å². The van der Waals surface area contributed by atoms with Gasteiger partial charge in [0, 0.05) is 13.1 Å². The summed E-state index contributed by atoms with van der Waals surface area (Å²) in [6.07, 6.45) is 0. The zero-order chi connectivity index (χ0) is 12.3. The number of aryl methyl sites for hydroxylation is 1. The van der Waals surface area contributed by atoms with Crippen LogP contribution in [0.3, 0.4) is 0 Å². The van der Waals surface area contributed by atoms with Crippen LogP contribution in [0, 0.1) is 6.92 Å². The minimum atomic E-state index is -3.47. The molecule has 0 aliphatic carbocycles. The summed E-state index contributed by atoms with van der Waals surface area (Å²) in [6, 6.07) is 6.94. The lowest BCUT2D eigenvalue weighted by molar-refractivity contribution is 0.0272. The van der Waals surface area contributed by atoms with E-state index in [2.05, 4.69) is 4.83 Å². The van der Waals surface area contributed by atoms with E-state index < -0.39 is 10.0 Å². The number of hydrazine groups is 1. The van der Waals surface area contributed by atoms with Gasteiger partial charge in [-0.3, -0.25) is 0 Å². The van der Waals surface area contributed by atoms with Crippen molar-refractivity contribution in [2.75, 3.05) is 26.3 Å². The molecule has 1 heterocycles. The fourth-order valence-electron chi connectivity index (χ4n) is 1.73. The first-order valence-corrected chi connectivity index (χ1v) is 6.99. The normalized spacial score (nSPS) is 18.2. The molecule has 1 aliphatic heterocycles. The molecule has 1 N–H and O–H groups in total. The van der Waals surface area contributed by atoms with E-state index in [1.165, 1.54) is 0 Å². The van der Waals surface area contributed by atoms with E-state index in [9.17, 15) is 8.42 Å². The molecule has 0 bridgehead atoms. The Morgan fingerprint density at radius 1 is 1.24 bits per heavy atom. The molecule has 0 spiro atoms.